The zero-order valence-electron chi connectivity index (χ0n) is 10.8. The quantitative estimate of drug-likeness (QED) is 0.799. The first-order valence-corrected chi connectivity index (χ1v) is 7.24. The van der Waals surface area contributed by atoms with E-state index in [0.29, 0.717) is 12.1 Å². The number of nitrogens with zero attached hydrogens (tertiary/aromatic N) is 3. The van der Waals surface area contributed by atoms with Crippen LogP contribution in [0.4, 0.5) is 0 Å². The average Bonchev–Trinajstić information content (AvgIpc) is 2.86. The lowest BCUT2D eigenvalue weighted by Gasteiger charge is -2.04. The van der Waals surface area contributed by atoms with Gasteiger partial charge in [0.15, 0.2) is 0 Å². The molecule has 0 N–H and O–H groups in total. The Morgan fingerprint density at radius 2 is 2.00 bits per heavy atom. The number of aliphatic imine (C=N–C) groups is 1. The van der Waals surface area contributed by atoms with E-state index in [2.05, 4.69) is 9.98 Å². The lowest BCUT2D eigenvalue weighted by molar-refractivity contribution is 0.587. The van der Waals surface area contributed by atoms with E-state index in [9.17, 15) is 8.42 Å². The van der Waals surface area contributed by atoms with Crippen molar-refractivity contribution in [3.8, 4) is 0 Å². The van der Waals surface area contributed by atoms with E-state index in [1.54, 1.807) is 37.5 Å². The molecule has 0 aliphatic rings. The van der Waals surface area contributed by atoms with E-state index in [1.807, 2.05) is 6.92 Å². The van der Waals surface area contributed by atoms with E-state index in [0.717, 1.165) is 9.54 Å². The van der Waals surface area contributed by atoms with Crippen LogP contribution >= 0.6 is 0 Å². The van der Waals surface area contributed by atoms with E-state index in [4.69, 9.17) is 0 Å². The first-order chi connectivity index (χ1) is 9.04. The molecule has 2 rings (SSSR count). The first kappa shape index (κ1) is 13.5. The zero-order chi connectivity index (χ0) is 13.9. The summed E-state index contributed by atoms with van der Waals surface area (Å²) in [6.07, 6.45) is 5.03. The van der Waals surface area contributed by atoms with Gasteiger partial charge in [0.25, 0.3) is 10.0 Å². The smallest absolute Gasteiger partial charge is 0.268 e. The molecule has 0 saturated heterocycles. The summed E-state index contributed by atoms with van der Waals surface area (Å²) in [6.45, 7) is 1.91. The topological polar surface area (TPSA) is 64.3 Å². The van der Waals surface area contributed by atoms with E-state index >= 15 is 0 Å². The van der Waals surface area contributed by atoms with E-state index in [-0.39, 0.29) is 4.90 Å². The normalized spacial score (nSPS) is 12.1. The molecule has 19 heavy (non-hydrogen) atoms. The Kier molecular flexibility index (Phi) is 3.80. The van der Waals surface area contributed by atoms with Gasteiger partial charge >= 0.3 is 0 Å². The highest BCUT2D eigenvalue weighted by Gasteiger charge is 2.16. The Hall–Kier alpha value is -1.95. The molecule has 1 aromatic carbocycles. The molecule has 5 nitrogen and oxygen atoms in total. The Labute approximate surface area is 112 Å². The predicted octanol–water partition coefficient (Wildman–Crippen LogP) is 1.67. The van der Waals surface area contributed by atoms with Gasteiger partial charge in [-0.15, -0.1) is 0 Å². The molecule has 1 aromatic heterocycles. The second kappa shape index (κ2) is 5.36. The van der Waals surface area contributed by atoms with Crippen molar-refractivity contribution in [2.75, 3.05) is 7.05 Å². The molecular formula is C13H15N3O2S. The van der Waals surface area contributed by atoms with Gasteiger partial charge in [-0.05, 0) is 19.1 Å². The SMILES string of the molecule is C/N=C\Cc1cn(S(=O)(=O)c2ccc(C)cc2)cn1. The van der Waals surface area contributed by atoms with Crippen molar-refractivity contribution < 1.29 is 8.42 Å². The second-order valence-corrected chi connectivity index (χ2v) is 6.00. The zero-order valence-corrected chi connectivity index (χ0v) is 11.6. The number of benzene rings is 1. The van der Waals surface area contributed by atoms with E-state index < -0.39 is 10.0 Å². The van der Waals surface area contributed by atoms with Gasteiger partial charge in [-0.1, -0.05) is 17.7 Å². The van der Waals surface area contributed by atoms with Crippen LogP contribution in [0, 0.1) is 6.92 Å². The Morgan fingerprint density at radius 3 is 2.63 bits per heavy atom. The number of hydrogen-bond acceptors (Lipinski definition) is 4. The number of imidazole rings is 1. The van der Waals surface area contributed by atoms with Crippen LogP contribution in [0.15, 0.2) is 46.7 Å². The fourth-order valence-electron chi connectivity index (χ4n) is 1.60. The van der Waals surface area contributed by atoms with Crippen molar-refractivity contribution in [3.63, 3.8) is 0 Å². The Morgan fingerprint density at radius 1 is 1.32 bits per heavy atom. The molecule has 6 heteroatoms. The van der Waals surface area contributed by atoms with Gasteiger partial charge in [-0.2, -0.15) is 0 Å². The molecule has 0 spiro atoms. The Balaban J connectivity index is 2.34. The maximum atomic E-state index is 12.3. The molecular weight excluding hydrogens is 262 g/mol. The summed E-state index contributed by atoms with van der Waals surface area (Å²) in [6, 6.07) is 6.73. The van der Waals surface area contributed by atoms with Crippen molar-refractivity contribution in [3.05, 3.63) is 48.0 Å². The molecule has 0 radical (unpaired) electrons. The summed E-state index contributed by atoms with van der Waals surface area (Å²) >= 11 is 0. The van der Waals surface area contributed by atoms with Crippen molar-refractivity contribution in [2.45, 2.75) is 18.2 Å². The third kappa shape index (κ3) is 2.90. The standard InChI is InChI=1S/C13H15N3O2S/c1-11-3-5-13(6-4-11)19(17,18)16-9-12(15-10-16)7-8-14-2/h3-6,8-10H,7H2,1-2H3/b14-8-. The van der Waals surface area contributed by atoms with Crippen LogP contribution in [-0.4, -0.2) is 30.6 Å². The van der Waals surface area contributed by atoms with Crippen LogP contribution in [0.25, 0.3) is 0 Å². The third-order valence-corrected chi connectivity index (χ3v) is 4.32. The number of aryl methyl sites for hydroxylation is 1. The number of aromatic nitrogens is 2. The predicted molar refractivity (Wildman–Crippen MR) is 74.1 cm³/mol. The highest BCUT2D eigenvalue weighted by atomic mass is 32.2. The molecule has 100 valence electrons. The minimum Gasteiger partial charge on any atom is -0.300 e. The summed E-state index contributed by atoms with van der Waals surface area (Å²) in [4.78, 5) is 8.16. The van der Waals surface area contributed by atoms with Crippen LogP contribution in [0.1, 0.15) is 11.3 Å². The molecule has 0 atom stereocenters. The van der Waals surface area contributed by atoms with Gasteiger partial charge in [0, 0.05) is 25.9 Å². The fourth-order valence-corrected chi connectivity index (χ4v) is 2.75. The van der Waals surface area contributed by atoms with Gasteiger partial charge in [-0.25, -0.2) is 17.4 Å². The first-order valence-electron chi connectivity index (χ1n) is 5.80. The average molecular weight is 277 g/mol. The van der Waals surface area contributed by atoms with Crippen molar-refractivity contribution in [2.24, 2.45) is 4.99 Å². The summed E-state index contributed by atoms with van der Waals surface area (Å²) in [7, 11) is -1.88. The maximum absolute atomic E-state index is 12.3. The molecule has 1 heterocycles. The molecule has 0 aliphatic heterocycles. The van der Waals surface area contributed by atoms with E-state index in [1.165, 1.54) is 12.5 Å². The molecule has 0 bridgehead atoms. The minimum atomic E-state index is -3.55. The monoisotopic (exact) mass is 277 g/mol. The van der Waals surface area contributed by atoms with Crippen LogP contribution in [0.3, 0.4) is 0 Å². The number of hydrogen-bond donors (Lipinski definition) is 0. The second-order valence-electron chi connectivity index (χ2n) is 4.16. The van der Waals surface area contributed by atoms with Crippen molar-refractivity contribution in [1.29, 1.82) is 0 Å². The molecule has 2 aromatic rings. The van der Waals surface area contributed by atoms with Crippen LogP contribution in [-0.2, 0) is 16.4 Å². The highest BCUT2D eigenvalue weighted by molar-refractivity contribution is 7.90. The molecule has 0 saturated carbocycles. The highest BCUT2D eigenvalue weighted by Crippen LogP contribution is 2.14. The summed E-state index contributed by atoms with van der Waals surface area (Å²) < 4.78 is 25.8. The lowest BCUT2D eigenvalue weighted by Crippen LogP contribution is -2.10. The molecule has 0 amide bonds. The van der Waals surface area contributed by atoms with Crippen molar-refractivity contribution in [1.82, 2.24) is 8.96 Å². The summed E-state index contributed by atoms with van der Waals surface area (Å²) in [5, 5.41) is 0. The van der Waals surface area contributed by atoms with Gasteiger partial charge in [0.2, 0.25) is 0 Å². The van der Waals surface area contributed by atoms with Gasteiger partial charge in [0.1, 0.15) is 6.33 Å². The van der Waals surface area contributed by atoms with Crippen molar-refractivity contribution >= 4 is 16.2 Å². The summed E-state index contributed by atoms with van der Waals surface area (Å²) in [5.74, 6) is 0. The lowest BCUT2D eigenvalue weighted by atomic mass is 10.2. The minimum absolute atomic E-state index is 0.256. The third-order valence-electron chi connectivity index (χ3n) is 2.69. The van der Waals surface area contributed by atoms with Crippen LogP contribution < -0.4 is 0 Å². The number of rotatable bonds is 4. The van der Waals surface area contributed by atoms with Crippen LogP contribution in [0.2, 0.25) is 0 Å². The van der Waals surface area contributed by atoms with Gasteiger partial charge < -0.3 is 4.99 Å². The summed E-state index contributed by atoms with van der Waals surface area (Å²) in [5.41, 5.74) is 1.69. The van der Waals surface area contributed by atoms with Crippen LogP contribution in [0.5, 0.6) is 0 Å². The largest absolute Gasteiger partial charge is 0.300 e. The van der Waals surface area contributed by atoms with Gasteiger partial charge in [0.05, 0.1) is 10.6 Å². The maximum Gasteiger partial charge on any atom is 0.268 e. The molecule has 0 unspecified atom stereocenters. The van der Waals surface area contributed by atoms with Gasteiger partial charge in [-0.3, -0.25) is 0 Å². The molecule has 0 aliphatic carbocycles. The fraction of sp³-hybridized carbons (Fsp3) is 0.231. The Bertz CT molecular complexity index is 685. The molecule has 0 fully saturated rings.